The molecule has 0 aliphatic rings. The summed E-state index contributed by atoms with van der Waals surface area (Å²) >= 11 is 0. The van der Waals surface area contributed by atoms with Crippen LogP contribution in [0.25, 0.3) is 0 Å². The van der Waals surface area contributed by atoms with E-state index in [-0.39, 0.29) is 18.1 Å². The number of rotatable bonds is 9. The fourth-order valence-electron chi connectivity index (χ4n) is 1.01. The molecule has 13 heteroatoms. The summed E-state index contributed by atoms with van der Waals surface area (Å²) in [4.78, 5) is 29.5. The summed E-state index contributed by atoms with van der Waals surface area (Å²) in [6.45, 7) is 15.0. The minimum absolute atomic E-state index is 0.231. The zero-order chi connectivity index (χ0) is 23.3. The number of nitrogens with zero attached hydrogens (tertiary/aromatic N) is 4. The van der Waals surface area contributed by atoms with Crippen molar-refractivity contribution in [2.75, 3.05) is 39.3 Å². The Balaban J connectivity index is -0.000000142. The molecule has 0 atom stereocenters. The summed E-state index contributed by atoms with van der Waals surface area (Å²) in [7, 11) is 0. The maximum absolute atomic E-state index is 9.47. The summed E-state index contributed by atoms with van der Waals surface area (Å²) < 4.78 is 0. The average Bonchev–Trinajstić information content (AvgIpc) is 2.57. The van der Waals surface area contributed by atoms with E-state index in [2.05, 4.69) is 22.1 Å². The highest BCUT2D eigenvalue weighted by molar-refractivity contribution is 4.56. The van der Waals surface area contributed by atoms with Gasteiger partial charge < -0.3 is 17.2 Å². The van der Waals surface area contributed by atoms with Gasteiger partial charge in [-0.3, -0.25) is 35.2 Å². The smallest absolute Gasteiger partial charge is 0.0869 e. The summed E-state index contributed by atoms with van der Waals surface area (Å²) in [6.07, 6.45) is 0. The SMILES string of the molecule is C[C-](C)[N+](=O)[O-].C[C-](C)[N+](=O)[O-].C[C-](C)[N+](=O)[O-].[NH3+]CCN(CC[NH3+])CC[NH3+]. The Morgan fingerprint density at radius 1 is 0.607 bits per heavy atom. The Labute approximate surface area is 167 Å². The second-order valence-corrected chi connectivity index (χ2v) is 6.02. The van der Waals surface area contributed by atoms with Crippen molar-refractivity contribution in [1.29, 1.82) is 0 Å². The minimum Gasteiger partial charge on any atom is -0.357 e. The van der Waals surface area contributed by atoms with Crippen LogP contribution in [0.15, 0.2) is 0 Å². The van der Waals surface area contributed by atoms with Crippen LogP contribution in [-0.2, 0) is 0 Å². The number of hydrogen-bond acceptors (Lipinski definition) is 7. The van der Waals surface area contributed by atoms with Crippen LogP contribution >= 0.6 is 0 Å². The highest BCUT2D eigenvalue weighted by atomic mass is 16.6. The van der Waals surface area contributed by atoms with Gasteiger partial charge in [0.2, 0.25) is 0 Å². The molecule has 0 aliphatic heterocycles. The van der Waals surface area contributed by atoms with Crippen molar-refractivity contribution in [2.24, 2.45) is 0 Å². The zero-order valence-corrected chi connectivity index (χ0v) is 18.1. The molecule has 0 aromatic heterocycles. The van der Waals surface area contributed by atoms with E-state index < -0.39 is 14.8 Å². The van der Waals surface area contributed by atoms with Gasteiger partial charge in [0, 0.05) is 19.6 Å². The Hall–Kier alpha value is -2.35. The molecule has 0 bridgehead atoms. The quantitative estimate of drug-likeness (QED) is 0.231. The van der Waals surface area contributed by atoms with Crippen LogP contribution < -0.4 is 17.2 Å². The third kappa shape index (κ3) is 34.9. The van der Waals surface area contributed by atoms with Crippen molar-refractivity contribution < 1.29 is 32.0 Å². The molecule has 0 saturated heterocycles. The topological polar surface area (TPSA) is 216 Å². The fraction of sp³-hybridized carbons (Fsp3) is 0.800. The summed E-state index contributed by atoms with van der Waals surface area (Å²) in [5, 5.41) is 28.4. The van der Waals surface area contributed by atoms with E-state index in [0.29, 0.717) is 0 Å². The van der Waals surface area contributed by atoms with E-state index in [1.807, 2.05) is 0 Å². The second-order valence-electron chi connectivity index (χ2n) is 6.02. The maximum Gasteiger partial charge on any atom is 0.0869 e. The van der Waals surface area contributed by atoms with E-state index >= 15 is 0 Å². The molecule has 28 heavy (non-hydrogen) atoms. The van der Waals surface area contributed by atoms with Gasteiger partial charge in [0.25, 0.3) is 0 Å². The highest BCUT2D eigenvalue weighted by Gasteiger charge is 2.02. The largest absolute Gasteiger partial charge is 0.357 e. The second kappa shape index (κ2) is 22.7. The van der Waals surface area contributed by atoms with Crippen LogP contribution in [0.4, 0.5) is 0 Å². The lowest BCUT2D eigenvalue weighted by atomic mass is 10.4. The third-order valence-electron chi connectivity index (χ3n) is 2.52. The van der Waals surface area contributed by atoms with Gasteiger partial charge >= 0.3 is 0 Å². The molecule has 0 rings (SSSR count). The highest BCUT2D eigenvalue weighted by Crippen LogP contribution is 1.92. The lowest BCUT2D eigenvalue weighted by molar-refractivity contribution is -0.461. The van der Waals surface area contributed by atoms with E-state index in [4.69, 9.17) is 0 Å². The molecule has 0 amide bonds. The van der Waals surface area contributed by atoms with Crippen molar-refractivity contribution in [1.82, 2.24) is 4.90 Å². The molecule has 170 valence electrons. The van der Waals surface area contributed by atoms with Crippen LogP contribution in [0.3, 0.4) is 0 Å². The molecular weight excluding hydrogens is 374 g/mol. The predicted molar refractivity (Wildman–Crippen MR) is 104 cm³/mol. The van der Waals surface area contributed by atoms with Crippen molar-refractivity contribution in [3.8, 4) is 0 Å². The standard InChI is InChI=1S/C6H18N4.3C3H6NO2/c7-1-4-10(5-2-8)6-3-9;3*1-3(2)4(5)6/h1-9H2;3*1-2H3/q;3*-1/p+3. The summed E-state index contributed by atoms with van der Waals surface area (Å²) in [5.41, 5.74) is 11.4. The first-order valence-corrected chi connectivity index (χ1v) is 8.71. The molecule has 0 aromatic rings. The molecule has 13 nitrogen and oxygen atoms in total. The van der Waals surface area contributed by atoms with Gasteiger partial charge in [-0.15, -0.1) is 56.3 Å². The molecular formula is C15H39N7O6. The van der Waals surface area contributed by atoms with E-state index in [1.54, 1.807) is 0 Å². The van der Waals surface area contributed by atoms with Gasteiger partial charge in [-0.05, 0) is 0 Å². The Morgan fingerprint density at radius 2 is 0.750 bits per heavy atom. The van der Waals surface area contributed by atoms with Gasteiger partial charge in [-0.2, -0.15) is 0 Å². The lowest BCUT2D eigenvalue weighted by Crippen LogP contribution is -2.61. The zero-order valence-electron chi connectivity index (χ0n) is 18.1. The van der Waals surface area contributed by atoms with Crippen LogP contribution in [0.5, 0.6) is 0 Å². The van der Waals surface area contributed by atoms with Crippen LogP contribution in [-0.4, -0.2) is 58.9 Å². The van der Waals surface area contributed by atoms with Gasteiger partial charge in [0.05, 0.1) is 19.6 Å². The minimum atomic E-state index is -0.417. The predicted octanol–water partition coefficient (Wildman–Crippen LogP) is -1.48. The van der Waals surface area contributed by atoms with E-state index in [9.17, 15) is 30.3 Å². The van der Waals surface area contributed by atoms with Crippen LogP contribution in [0.1, 0.15) is 41.5 Å². The first-order chi connectivity index (χ1) is 12.8. The maximum atomic E-state index is 9.47. The first-order valence-electron chi connectivity index (χ1n) is 8.71. The first kappa shape index (κ1) is 33.3. The molecule has 0 fully saturated rings. The summed E-state index contributed by atoms with van der Waals surface area (Å²) in [5.74, 6) is 0. The van der Waals surface area contributed by atoms with Gasteiger partial charge in [0.15, 0.2) is 0 Å². The number of hydrogen-bond donors (Lipinski definition) is 3. The molecule has 9 N–H and O–H groups in total. The van der Waals surface area contributed by atoms with E-state index in [1.165, 1.54) is 41.5 Å². The van der Waals surface area contributed by atoms with Gasteiger partial charge in [0.1, 0.15) is 0 Å². The third-order valence-corrected chi connectivity index (χ3v) is 2.52. The van der Waals surface area contributed by atoms with Crippen molar-refractivity contribution >= 4 is 0 Å². The normalized spacial score (nSPS) is 8.79. The Bertz CT molecular complexity index is 338. The van der Waals surface area contributed by atoms with Crippen molar-refractivity contribution in [3.05, 3.63) is 48.5 Å². The lowest BCUT2D eigenvalue weighted by Gasteiger charge is -2.15. The molecule has 0 saturated carbocycles. The fourth-order valence-corrected chi connectivity index (χ4v) is 1.01. The van der Waals surface area contributed by atoms with Crippen molar-refractivity contribution in [2.45, 2.75) is 41.5 Å². The molecule has 0 spiro atoms. The molecule has 0 aliphatic carbocycles. The monoisotopic (exact) mass is 413 g/mol. The summed E-state index contributed by atoms with van der Waals surface area (Å²) in [6, 6.07) is 0.694. The van der Waals surface area contributed by atoms with Crippen LogP contribution in [0, 0.1) is 48.5 Å². The molecule has 0 heterocycles. The average molecular weight is 414 g/mol. The van der Waals surface area contributed by atoms with Crippen LogP contribution in [0.2, 0.25) is 0 Å². The molecule has 0 radical (unpaired) electrons. The van der Waals surface area contributed by atoms with Crippen molar-refractivity contribution in [3.63, 3.8) is 0 Å². The van der Waals surface area contributed by atoms with Gasteiger partial charge in [-0.25, -0.2) is 0 Å². The van der Waals surface area contributed by atoms with Gasteiger partial charge in [-0.1, -0.05) is 18.1 Å². The molecule has 0 aromatic carbocycles. The molecule has 0 unspecified atom stereocenters. The number of nitro groups is 3. The Morgan fingerprint density at radius 3 is 0.821 bits per heavy atom. The number of quaternary nitrogens is 3. The Kier molecular flexibility index (Phi) is 26.9. The van der Waals surface area contributed by atoms with E-state index in [0.717, 1.165) is 39.3 Å².